The highest BCUT2D eigenvalue weighted by Gasteiger charge is 2.14. The number of para-hydroxylation sites is 2. The zero-order valence-electron chi connectivity index (χ0n) is 12.2. The van der Waals surface area contributed by atoms with Crippen LogP contribution in [0.15, 0.2) is 24.3 Å². The summed E-state index contributed by atoms with van der Waals surface area (Å²) in [5.74, 6) is 1.23. The fourth-order valence-electron chi connectivity index (χ4n) is 3.09. The van der Waals surface area contributed by atoms with Gasteiger partial charge in [-0.3, -0.25) is 4.90 Å². The molecule has 0 spiro atoms. The van der Waals surface area contributed by atoms with Crippen molar-refractivity contribution in [3.8, 4) is 0 Å². The van der Waals surface area contributed by atoms with E-state index in [1.165, 1.54) is 50.1 Å². The Morgan fingerprint density at radius 3 is 2.45 bits per heavy atom. The molecule has 2 heterocycles. The summed E-state index contributed by atoms with van der Waals surface area (Å²) < 4.78 is 2.36. The summed E-state index contributed by atoms with van der Waals surface area (Å²) in [4.78, 5) is 7.40. The van der Waals surface area contributed by atoms with Crippen molar-refractivity contribution in [3.05, 3.63) is 30.1 Å². The van der Waals surface area contributed by atoms with Crippen molar-refractivity contribution in [3.63, 3.8) is 0 Å². The van der Waals surface area contributed by atoms with Crippen LogP contribution in [0.1, 0.15) is 38.4 Å². The van der Waals surface area contributed by atoms with Crippen LogP contribution in [0.3, 0.4) is 0 Å². The van der Waals surface area contributed by atoms with Gasteiger partial charge in [0.15, 0.2) is 0 Å². The van der Waals surface area contributed by atoms with Gasteiger partial charge in [-0.05, 0) is 45.0 Å². The molecule has 0 atom stereocenters. The van der Waals surface area contributed by atoms with Crippen LogP contribution in [0.2, 0.25) is 0 Å². The molecule has 1 aliphatic heterocycles. The van der Waals surface area contributed by atoms with Crippen molar-refractivity contribution >= 4 is 23.4 Å². The molecule has 1 aliphatic rings. The second kappa shape index (κ2) is 7.09. The first-order valence-corrected chi connectivity index (χ1v) is 7.55. The van der Waals surface area contributed by atoms with Crippen LogP contribution in [0.4, 0.5) is 0 Å². The predicted octanol–water partition coefficient (Wildman–Crippen LogP) is 3.85. The van der Waals surface area contributed by atoms with Gasteiger partial charge in [0.25, 0.3) is 0 Å². The van der Waals surface area contributed by atoms with Crippen molar-refractivity contribution in [2.45, 2.75) is 45.7 Å². The van der Waals surface area contributed by atoms with E-state index in [4.69, 9.17) is 4.98 Å². The molecule has 110 valence electrons. The second-order valence-corrected chi connectivity index (χ2v) is 5.45. The standard InChI is InChI=1S/C16H23N3.ClH/c1-2-19-15-10-6-5-9-14(15)17-16(19)13-18-11-7-3-4-8-12-18;/h5-6,9-10H,2-4,7-8,11-13H2,1H3;1H. The molecule has 0 saturated carbocycles. The highest BCUT2D eigenvalue weighted by atomic mass is 35.5. The third-order valence-electron chi connectivity index (χ3n) is 4.11. The van der Waals surface area contributed by atoms with E-state index in [1.54, 1.807) is 0 Å². The summed E-state index contributed by atoms with van der Waals surface area (Å²) in [5, 5.41) is 0. The summed E-state index contributed by atoms with van der Waals surface area (Å²) in [6.07, 6.45) is 5.46. The van der Waals surface area contributed by atoms with E-state index in [0.29, 0.717) is 0 Å². The van der Waals surface area contributed by atoms with Crippen molar-refractivity contribution in [1.29, 1.82) is 0 Å². The molecule has 4 heteroatoms. The van der Waals surface area contributed by atoms with E-state index in [2.05, 4.69) is 40.7 Å². The average Bonchev–Trinajstić information content (AvgIpc) is 2.60. The molecule has 0 radical (unpaired) electrons. The number of nitrogens with zero attached hydrogens (tertiary/aromatic N) is 3. The molecule has 3 nitrogen and oxygen atoms in total. The van der Waals surface area contributed by atoms with Gasteiger partial charge in [-0.2, -0.15) is 0 Å². The lowest BCUT2D eigenvalue weighted by molar-refractivity contribution is 0.267. The van der Waals surface area contributed by atoms with Gasteiger partial charge in [0, 0.05) is 6.54 Å². The number of rotatable bonds is 3. The molecule has 1 saturated heterocycles. The molecular formula is C16H24ClN3. The van der Waals surface area contributed by atoms with E-state index in [1.807, 2.05) is 0 Å². The molecule has 0 N–H and O–H groups in total. The van der Waals surface area contributed by atoms with Crippen LogP contribution < -0.4 is 0 Å². The van der Waals surface area contributed by atoms with Gasteiger partial charge in [0.2, 0.25) is 0 Å². The molecule has 1 aromatic carbocycles. The molecule has 0 bridgehead atoms. The number of halogens is 1. The first kappa shape index (κ1) is 15.3. The van der Waals surface area contributed by atoms with E-state index in [9.17, 15) is 0 Å². The largest absolute Gasteiger partial charge is 0.327 e. The van der Waals surface area contributed by atoms with Crippen LogP contribution in [0.5, 0.6) is 0 Å². The zero-order chi connectivity index (χ0) is 13.1. The Labute approximate surface area is 127 Å². The van der Waals surface area contributed by atoms with Gasteiger partial charge in [0.05, 0.1) is 17.6 Å². The maximum atomic E-state index is 4.83. The molecular weight excluding hydrogens is 270 g/mol. The number of imidazole rings is 1. The number of aromatic nitrogens is 2. The van der Waals surface area contributed by atoms with Crippen LogP contribution in [-0.4, -0.2) is 27.5 Å². The van der Waals surface area contributed by atoms with Crippen molar-refractivity contribution in [2.75, 3.05) is 13.1 Å². The van der Waals surface area contributed by atoms with Crippen LogP contribution >= 0.6 is 12.4 Å². The Hall–Kier alpha value is -1.06. The third-order valence-corrected chi connectivity index (χ3v) is 4.11. The number of aryl methyl sites for hydroxylation is 1. The number of likely N-dealkylation sites (tertiary alicyclic amines) is 1. The van der Waals surface area contributed by atoms with Gasteiger partial charge in [-0.1, -0.05) is 25.0 Å². The first-order valence-electron chi connectivity index (χ1n) is 7.55. The molecule has 0 amide bonds. The lowest BCUT2D eigenvalue weighted by Crippen LogP contribution is -2.25. The molecule has 2 aromatic rings. The SMILES string of the molecule is CCn1c(CN2CCCCCC2)nc2ccccc21.Cl. The Balaban J connectivity index is 0.00000147. The fraction of sp³-hybridized carbons (Fsp3) is 0.562. The Morgan fingerprint density at radius 1 is 1.05 bits per heavy atom. The van der Waals surface area contributed by atoms with Gasteiger partial charge in [-0.15, -0.1) is 12.4 Å². The summed E-state index contributed by atoms with van der Waals surface area (Å²) in [6, 6.07) is 8.47. The topological polar surface area (TPSA) is 21.1 Å². The number of benzene rings is 1. The fourth-order valence-corrected chi connectivity index (χ4v) is 3.09. The Bertz CT molecular complexity index is 542. The molecule has 20 heavy (non-hydrogen) atoms. The van der Waals surface area contributed by atoms with E-state index in [0.717, 1.165) is 18.6 Å². The quantitative estimate of drug-likeness (QED) is 0.857. The molecule has 0 unspecified atom stereocenters. The van der Waals surface area contributed by atoms with Gasteiger partial charge < -0.3 is 4.57 Å². The summed E-state index contributed by atoms with van der Waals surface area (Å²) in [5.41, 5.74) is 2.41. The minimum absolute atomic E-state index is 0. The molecule has 0 aliphatic carbocycles. The number of fused-ring (bicyclic) bond motifs is 1. The number of hydrogen-bond donors (Lipinski definition) is 0. The van der Waals surface area contributed by atoms with E-state index in [-0.39, 0.29) is 12.4 Å². The highest BCUT2D eigenvalue weighted by Crippen LogP contribution is 2.18. The smallest absolute Gasteiger partial charge is 0.124 e. The lowest BCUT2D eigenvalue weighted by atomic mass is 10.2. The molecule has 1 fully saturated rings. The predicted molar refractivity (Wildman–Crippen MR) is 86.4 cm³/mol. The highest BCUT2D eigenvalue weighted by molar-refractivity contribution is 5.85. The van der Waals surface area contributed by atoms with Crippen LogP contribution in [-0.2, 0) is 13.1 Å². The van der Waals surface area contributed by atoms with Crippen molar-refractivity contribution < 1.29 is 0 Å². The molecule has 1 aromatic heterocycles. The second-order valence-electron chi connectivity index (χ2n) is 5.45. The normalized spacial score (nSPS) is 16.9. The zero-order valence-corrected chi connectivity index (χ0v) is 13.0. The lowest BCUT2D eigenvalue weighted by Gasteiger charge is -2.19. The van der Waals surface area contributed by atoms with Crippen molar-refractivity contribution in [1.82, 2.24) is 14.5 Å². The van der Waals surface area contributed by atoms with Gasteiger partial charge >= 0.3 is 0 Å². The van der Waals surface area contributed by atoms with Crippen molar-refractivity contribution in [2.24, 2.45) is 0 Å². The minimum Gasteiger partial charge on any atom is -0.327 e. The van der Waals surface area contributed by atoms with Gasteiger partial charge in [0.1, 0.15) is 5.82 Å². The van der Waals surface area contributed by atoms with Crippen LogP contribution in [0, 0.1) is 0 Å². The monoisotopic (exact) mass is 293 g/mol. The third kappa shape index (κ3) is 3.15. The van der Waals surface area contributed by atoms with Gasteiger partial charge in [-0.25, -0.2) is 4.98 Å². The van der Waals surface area contributed by atoms with Crippen LogP contribution in [0.25, 0.3) is 11.0 Å². The number of hydrogen-bond acceptors (Lipinski definition) is 2. The maximum Gasteiger partial charge on any atom is 0.124 e. The van der Waals surface area contributed by atoms with E-state index < -0.39 is 0 Å². The minimum atomic E-state index is 0. The maximum absolute atomic E-state index is 4.83. The van der Waals surface area contributed by atoms with E-state index >= 15 is 0 Å². The average molecular weight is 294 g/mol. The summed E-state index contributed by atoms with van der Waals surface area (Å²) in [6.45, 7) is 6.67. The Kier molecular flexibility index (Phi) is 5.44. The summed E-state index contributed by atoms with van der Waals surface area (Å²) in [7, 11) is 0. The summed E-state index contributed by atoms with van der Waals surface area (Å²) >= 11 is 0. The Morgan fingerprint density at radius 2 is 1.75 bits per heavy atom. The molecule has 3 rings (SSSR count). The first-order chi connectivity index (χ1) is 9.38.